The van der Waals surface area contributed by atoms with Crippen molar-refractivity contribution < 1.29 is 38.5 Å². The maximum Gasteiger partial charge on any atom is 0.364 e. The molecule has 0 heterocycles. The Morgan fingerprint density at radius 2 is 1.46 bits per heavy atom. The summed E-state index contributed by atoms with van der Waals surface area (Å²) in [6, 6.07) is 4.33. The van der Waals surface area contributed by atoms with E-state index in [4.69, 9.17) is 14.2 Å². The van der Waals surface area contributed by atoms with Crippen LogP contribution in [0.2, 0.25) is 0 Å². The highest BCUT2D eigenvalue weighted by atomic mass is 16.6. The van der Waals surface area contributed by atoms with Crippen LogP contribution in [0.5, 0.6) is 11.5 Å². The van der Waals surface area contributed by atoms with E-state index >= 15 is 0 Å². The second-order valence-electron chi connectivity index (χ2n) is 11.5. The zero-order chi connectivity index (χ0) is 30.6. The average molecular weight is 576 g/mol. The fourth-order valence-electron chi connectivity index (χ4n) is 5.02. The molecule has 1 aromatic carbocycles. The molecule has 0 saturated heterocycles. The van der Waals surface area contributed by atoms with Gasteiger partial charge in [0.1, 0.15) is 0 Å². The fraction of sp³-hybridized carbons (Fsp3) is 0.688. The van der Waals surface area contributed by atoms with Gasteiger partial charge in [-0.2, -0.15) is 0 Å². The molecular formula is C32H49NO8. The van der Waals surface area contributed by atoms with Gasteiger partial charge >= 0.3 is 23.9 Å². The lowest BCUT2D eigenvalue weighted by Gasteiger charge is -2.35. The normalized spacial score (nSPS) is 17.5. The van der Waals surface area contributed by atoms with Crippen molar-refractivity contribution in [2.24, 2.45) is 17.8 Å². The molecule has 1 fully saturated rings. The molecule has 2 N–H and O–H groups in total. The van der Waals surface area contributed by atoms with Crippen LogP contribution in [-0.2, 0) is 30.3 Å². The molecule has 0 radical (unpaired) electrons. The Morgan fingerprint density at radius 1 is 0.902 bits per heavy atom. The van der Waals surface area contributed by atoms with E-state index in [2.05, 4.69) is 5.32 Å². The van der Waals surface area contributed by atoms with Gasteiger partial charge < -0.3 is 19.3 Å². The molecule has 230 valence electrons. The molecule has 9 heteroatoms. The van der Waals surface area contributed by atoms with Gasteiger partial charge in [-0.3, -0.25) is 19.7 Å². The molecule has 1 aliphatic rings. The third-order valence-corrected chi connectivity index (χ3v) is 7.78. The molecule has 0 amide bonds. The molecule has 3 unspecified atom stereocenters. The highest BCUT2D eigenvalue weighted by Gasteiger charge is 2.45. The first-order chi connectivity index (χ1) is 19.5. The van der Waals surface area contributed by atoms with Crippen LogP contribution in [0.4, 0.5) is 0 Å². The highest BCUT2D eigenvalue weighted by Crippen LogP contribution is 2.33. The van der Waals surface area contributed by atoms with Crippen molar-refractivity contribution in [1.29, 1.82) is 0 Å². The number of nitrogens with one attached hydrogen (secondary N) is 1. The van der Waals surface area contributed by atoms with Crippen molar-refractivity contribution in [1.82, 2.24) is 5.32 Å². The minimum Gasteiger partial charge on any atom is -0.477 e. The van der Waals surface area contributed by atoms with Crippen molar-refractivity contribution >= 4 is 23.9 Å². The van der Waals surface area contributed by atoms with Crippen molar-refractivity contribution in [3.05, 3.63) is 23.8 Å². The number of aliphatic carboxylic acids is 1. The molecule has 1 aliphatic carbocycles. The van der Waals surface area contributed by atoms with Crippen LogP contribution < -0.4 is 14.8 Å². The summed E-state index contributed by atoms with van der Waals surface area (Å²) in [4.78, 5) is 51.5. The number of carbonyl (C=O) groups excluding carboxylic acids is 3. The number of esters is 3. The summed E-state index contributed by atoms with van der Waals surface area (Å²) in [5, 5.41) is 13.4. The van der Waals surface area contributed by atoms with Crippen LogP contribution in [0.25, 0.3) is 0 Å². The molecule has 2 rings (SSSR count). The van der Waals surface area contributed by atoms with E-state index in [0.29, 0.717) is 37.7 Å². The summed E-state index contributed by atoms with van der Waals surface area (Å²) < 4.78 is 17.1. The first kappa shape index (κ1) is 34.3. The number of rotatable bonds is 16. The predicted octanol–water partition coefficient (Wildman–Crippen LogP) is 6.20. The van der Waals surface area contributed by atoms with Crippen LogP contribution in [0.1, 0.15) is 111 Å². The molecular weight excluding hydrogens is 526 g/mol. The second kappa shape index (κ2) is 16.5. The first-order valence-electron chi connectivity index (χ1n) is 15.3. The predicted molar refractivity (Wildman–Crippen MR) is 155 cm³/mol. The zero-order valence-corrected chi connectivity index (χ0v) is 25.6. The van der Waals surface area contributed by atoms with Gasteiger partial charge in [0.15, 0.2) is 11.5 Å². The fourth-order valence-corrected chi connectivity index (χ4v) is 5.02. The van der Waals surface area contributed by atoms with E-state index in [9.17, 15) is 24.3 Å². The largest absolute Gasteiger partial charge is 0.477 e. The Morgan fingerprint density at radius 3 is 1.98 bits per heavy atom. The molecule has 4 atom stereocenters. The van der Waals surface area contributed by atoms with Crippen LogP contribution in [0.15, 0.2) is 18.2 Å². The third kappa shape index (κ3) is 10.1. The molecule has 41 heavy (non-hydrogen) atoms. The summed E-state index contributed by atoms with van der Waals surface area (Å²) in [5.41, 5.74) is -1.60. The van der Waals surface area contributed by atoms with E-state index < -0.39 is 29.6 Å². The van der Waals surface area contributed by atoms with Crippen molar-refractivity contribution in [2.45, 2.75) is 124 Å². The first-order valence-corrected chi connectivity index (χ1v) is 15.3. The molecule has 9 nitrogen and oxygen atoms in total. The van der Waals surface area contributed by atoms with E-state index in [1.54, 1.807) is 19.9 Å². The number of ether oxygens (including phenoxy) is 3. The Labute approximate surface area is 244 Å². The Bertz CT molecular complexity index is 1030. The number of carboxylic acids is 1. The number of hydrogen-bond acceptors (Lipinski definition) is 8. The summed E-state index contributed by atoms with van der Waals surface area (Å²) in [6.45, 7) is 11.2. The van der Waals surface area contributed by atoms with E-state index in [1.807, 2.05) is 27.7 Å². The van der Waals surface area contributed by atoms with Crippen LogP contribution in [-0.4, -0.2) is 40.8 Å². The van der Waals surface area contributed by atoms with Crippen LogP contribution >= 0.6 is 0 Å². The number of carboxylic acid groups (broad SMARTS) is 1. The lowest BCUT2D eigenvalue weighted by molar-refractivity contribution is -0.188. The minimum atomic E-state index is -2.03. The maximum atomic E-state index is 13.2. The van der Waals surface area contributed by atoms with E-state index in [1.165, 1.54) is 12.1 Å². The van der Waals surface area contributed by atoms with Crippen LogP contribution in [0, 0.1) is 17.8 Å². The van der Waals surface area contributed by atoms with Crippen molar-refractivity contribution in [3.63, 3.8) is 0 Å². The van der Waals surface area contributed by atoms with Gasteiger partial charge in [0.05, 0.1) is 17.8 Å². The zero-order valence-electron chi connectivity index (χ0n) is 25.6. The topological polar surface area (TPSA) is 128 Å². The van der Waals surface area contributed by atoms with E-state index in [0.717, 1.165) is 32.1 Å². The molecule has 0 aromatic heterocycles. The monoisotopic (exact) mass is 575 g/mol. The lowest BCUT2D eigenvalue weighted by Crippen LogP contribution is -2.60. The second-order valence-corrected chi connectivity index (χ2v) is 11.5. The Balaban J connectivity index is 2.47. The molecule has 0 spiro atoms. The quantitative estimate of drug-likeness (QED) is 0.134. The molecule has 0 bridgehead atoms. The highest BCUT2D eigenvalue weighted by molar-refractivity contribution is 5.83. The van der Waals surface area contributed by atoms with Gasteiger partial charge in [0, 0.05) is 12.5 Å². The van der Waals surface area contributed by atoms with Crippen LogP contribution in [0.3, 0.4) is 0 Å². The smallest absolute Gasteiger partial charge is 0.364 e. The van der Waals surface area contributed by atoms with Gasteiger partial charge in [-0.05, 0) is 56.7 Å². The summed E-state index contributed by atoms with van der Waals surface area (Å²) in [5.74, 6) is -3.74. The number of hydrogen-bond donors (Lipinski definition) is 2. The van der Waals surface area contributed by atoms with Gasteiger partial charge in [-0.1, -0.05) is 72.8 Å². The summed E-state index contributed by atoms with van der Waals surface area (Å²) in [7, 11) is 0. The summed E-state index contributed by atoms with van der Waals surface area (Å²) in [6.07, 6.45) is 7.46. The third-order valence-electron chi connectivity index (χ3n) is 7.78. The maximum absolute atomic E-state index is 13.2. The molecule has 0 aliphatic heterocycles. The SMILES string of the molecule is CCCC(C)C(=O)Oc1ccc(C[C@](NC(C)CC)(OC(=O)C2CCCCC2)C(=O)O)cc1OC(=O)C(C)CCC. The standard InChI is InChI=1S/C32H49NO8/c1-7-13-21(4)28(34)39-26-18-17-24(19-27(26)40-29(35)22(5)14-8-2)20-32(31(37)38,33-23(6)9-3)41-30(36)25-15-11-10-12-16-25/h17-19,21-23,25,33H,7-16,20H2,1-6H3,(H,37,38)/t21?,22?,23?,32-/m0/s1. The lowest BCUT2D eigenvalue weighted by atomic mass is 9.89. The Hall–Kier alpha value is -2.94. The van der Waals surface area contributed by atoms with Gasteiger partial charge in [0.25, 0.3) is 5.72 Å². The Kier molecular flexibility index (Phi) is 13.8. The number of carbonyl (C=O) groups is 4. The van der Waals surface area contributed by atoms with E-state index in [-0.39, 0.29) is 41.7 Å². The van der Waals surface area contributed by atoms with Crippen molar-refractivity contribution in [2.75, 3.05) is 0 Å². The average Bonchev–Trinajstić information content (AvgIpc) is 2.94. The molecule has 1 saturated carbocycles. The van der Waals surface area contributed by atoms with Crippen molar-refractivity contribution in [3.8, 4) is 11.5 Å². The number of benzene rings is 1. The van der Waals surface area contributed by atoms with Gasteiger partial charge in [0.2, 0.25) is 0 Å². The molecule has 1 aromatic rings. The van der Waals surface area contributed by atoms with Gasteiger partial charge in [-0.15, -0.1) is 0 Å². The summed E-state index contributed by atoms with van der Waals surface area (Å²) >= 11 is 0. The minimum absolute atomic E-state index is 0.0222. The van der Waals surface area contributed by atoms with Gasteiger partial charge in [-0.25, -0.2) is 4.79 Å².